The number of carbonyl (C=O) groups excluding carboxylic acids is 1. The highest BCUT2D eigenvalue weighted by Crippen LogP contribution is 2.34. The van der Waals surface area contributed by atoms with Crippen molar-refractivity contribution in [2.24, 2.45) is 0 Å². The summed E-state index contributed by atoms with van der Waals surface area (Å²) in [6.45, 7) is 0. The molecule has 0 saturated heterocycles. The monoisotopic (exact) mass is 321 g/mol. The predicted octanol–water partition coefficient (Wildman–Crippen LogP) is 3.58. The van der Waals surface area contributed by atoms with Crippen molar-refractivity contribution in [2.75, 3.05) is 5.32 Å². The van der Waals surface area contributed by atoms with Crippen LogP contribution in [0.4, 0.5) is 5.95 Å². The van der Waals surface area contributed by atoms with E-state index in [1.165, 1.54) is 25.6 Å². The number of amides is 1. The van der Waals surface area contributed by atoms with Gasteiger partial charge in [-0.05, 0) is 31.0 Å². The van der Waals surface area contributed by atoms with Gasteiger partial charge in [0.05, 0.1) is 11.0 Å². The fourth-order valence-corrected chi connectivity index (χ4v) is 3.43. The van der Waals surface area contributed by atoms with Gasteiger partial charge in [-0.1, -0.05) is 31.4 Å². The van der Waals surface area contributed by atoms with Gasteiger partial charge in [-0.3, -0.25) is 10.1 Å². The lowest BCUT2D eigenvalue weighted by Gasteiger charge is -2.25. The molecule has 6 heteroatoms. The fraction of sp³-hybridized carbons (Fsp3) is 0.333. The molecule has 1 aliphatic rings. The molecule has 2 heterocycles. The Morgan fingerprint density at radius 1 is 1.12 bits per heavy atom. The number of hydrogen-bond acceptors (Lipinski definition) is 4. The molecular weight excluding hydrogens is 302 g/mol. The van der Waals surface area contributed by atoms with Crippen molar-refractivity contribution in [2.45, 2.75) is 38.1 Å². The van der Waals surface area contributed by atoms with Crippen molar-refractivity contribution in [3.63, 3.8) is 0 Å². The number of aromatic nitrogens is 4. The van der Waals surface area contributed by atoms with Crippen LogP contribution in [0.3, 0.4) is 0 Å². The van der Waals surface area contributed by atoms with Gasteiger partial charge >= 0.3 is 0 Å². The largest absolute Gasteiger partial charge is 0.307 e. The molecule has 3 aromatic rings. The van der Waals surface area contributed by atoms with Crippen LogP contribution in [0.5, 0.6) is 0 Å². The first-order chi connectivity index (χ1) is 11.8. The first-order valence-corrected chi connectivity index (χ1v) is 8.37. The normalized spacial score (nSPS) is 15.5. The second kappa shape index (κ2) is 6.39. The van der Waals surface area contributed by atoms with Crippen molar-refractivity contribution < 1.29 is 4.79 Å². The zero-order valence-electron chi connectivity index (χ0n) is 13.4. The van der Waals surface area contributed by atoms with E-state index in [0.717, 1.165) is 23.9 Å². The summed E-state index contributed by atoms with van der Waals surface area (Å²) in [6, 6.07) is 10.0. The number of hydrogen-bond donors (Lipinski definition) is 1. The Balaban J connectivity index is 1.72. The van der Waals surface area contributed by atoms with Gasteiger partial charge in [-0.2, -0.15) is 0 Å². The van der Waals surface area contributed by atoms with Crippen LogP contribution in [-0.2, 0) is 0 Å². The highest BCUT2D eigenvalue weighted by atomic mass is 16.2. The van der Waals surface area contributed by atoms with E-state index in [-0.39, 0.29) is 5.91 Å². The Kier molecular flexibility index (Phi) is 3.94. The Bertz CT molecular complexity index is 852. The number of nitrogens with one attached hydrogen (secondary N) is 1. The third-order valence-corrected chi connectivity index (χ3v) is 4.58. The Morgan fingerprint density at radius 2 is 1.96 bits per heavy atom. The van der Waals surface area contributed by atoms with E-state index in [0.29, 0.717) is 17.7 Å². The first-order valence-electron chi connectivity index (χ1n) is 8.37. The van der Waals surface area contributed by atoms with Gasteiger partial charge in [0.2, 0.25) is 5.95 Å². The molecule has 0 radical (unpaired) electrons. The number of imidazole rings is 1. The fourth-order valence-electron chi connectivity index (χ4n) is 3.43. The summed E-state index contributed by atoms with van der Waals surface area (Å²) < 4.78 is 2.19. The quantitative estimate of drug-likeness (QED) is 0.800. The third kappa shape index (κ3) is 2.75. The molecule has 2 aromatic heterocycles. The summed E-state index contributed by atoms with van der Waals surface area (Å²) in [6.07, 6.45) is 8.90. The number of para-hydroxylation sites is 2. The van der Waals surface area contributed by atoms with E-state index in [1.807, 2.05) is 18.2 Å². The summed E-state index contributed by atoms with van der Waals surface area (Å²) >= 11 is 0. The van der Waals surface area contributed by atoms with Gasteiger partial charge in [0.25, 0.3) is 5.91 Å². The van der Waals surface area contributed by atoms with E-state index < -0.39 is 0 Å². The number of rotatable bonds is 3. The minimum atomic E-state index is -0.259. The third-order valence-electron chi connectivity index (χ3n) is 4.58. The molecule has 122 valence electrons. The van der Waals surface area contributed by atoms with Crippen LogP contribution in [0.15, 0.2) is 42.9 Å². The maximum absolute atomic E-state index is 12.5. The van der Waals surface area contributed by atoms with Crippen molar-refractivity contribution in [1.82, 2.24) is 19.5 Å². The van der Waals surface area contributed by atoms with E-state index in [1.54, 1.807) is 12.3 Å². The number of fused-ring (bicyclic) bond motifs is 1. The summed E-state index contributed by atoms with van der Waals surface area (Å²) in [5, 5.41) is 2.94. The molecular formula is C18H19N5O. The average molecular weight is 321 g/mol. The molecule has 4 rings (SSSR count). The SMILES string of the molecule is O=C(Nc1nc2ccccc2n1C1CCCCC1)c1ccncn1. The molecule has 1 aliphatic carbocycles. The van der Waals surface area contributed by atoms with Crippen LogP contribution in [0.1, 0.15) is 48.6 Å². The van der Waals surface area contributed by atoms with Gasteiger partial charge in [0.1, 0.15) is 12.0 Å². The van der Waals surface area contributed by atoms with E-state index in [2.05, 4.69) is 30.9 Å². The molecule has 0 unspecified atom stereocenters. The molecule has 1 aromatic carbocycles. The van der Waals surface area contributed by atoms with Gasteiger partial charge in [-0.15, -0.1) is 0 Å². The number of benzene rings is 1. The summed E-state index contributed by atoms with van der Waals surface area (Å²) in [5.74, 6) is 0.344. The van der Waals surface area contributed by atoms with Crippen LogP contribution in [-0.4, -0.2) is 25.4 Å². The van der Waals surface area contributed by atoms with E-state index >= 15 is 0 Å². The molecule has 0 atom stereocenters. The molecule has 0 aliphatic heterocycles. The minimum Gasteiger partial charge on any atom is -0.307 e. The van der Waals surface area contributed by atoms with Gasteiger partial charge in [0, 0.05) is 12.2 Å². The summed E-state index contributed by atoms with van der Waals surface area (Å²) in [7, 11) is 0. The highest BCUT2D eigenvalue weighted by Gasteiger charge is 2.22. The molecule has 1 N–H and O–H groups in total. The number of carbonyl (C=O) groups is 1. The maximum atomic E-state index is 12.5. The smallest absolute Gasteiger partial charge is 0.276 e. The molecule has 0 bridgehead atoms. The second-order valence-corrected chi connectivity index (χ2v) is 6.13. The number of nitrogens with zero attached hydrogens (tertiary/aromatic N) is 4. The summed E-state index contributed by atoms with van der Waals surface area (Å²) in [5.41, 5.74) is 2.32. The predicted molar refractivity (Wildman–Crippen MR) is 91.8 cm³/mol. The van der Waals surface area contributed by atoms with Crippen LogP contribution in [0.25, 0.3) is 11.0 Å². The molecule has 0 spiro atoms. The average Bonchev–Trinajstić information content (AvgIpc) is 3.01. The van der Waals surface area contributed by atoms with Gasteiger partial charge < -0.3 is 4.57 Å². The zero-order valence-corrected chi connectivity index (χ0v) is 13.4. The van der Waals surface area contributed by atoms with Crippen molar-refractivity contribution >= 4 is 22.9 Å². The van der Waals surface area contributed by atoms with Gasteiger partial charge in [-0.25, -0.2) is 15.0 Å². The van der Waals surface area contributed by atoms with Crippen molar-refractivity contribution in [1.29, 1.82) is 0 Å². The van der Waals surface area contributed by atoms with E-state index in [4.69, 9.17) is 0 Å². The van der Waals surface area contributed by atoms with E-state index in [9.17, 15) is 4.79 Å². The van der Waals surface area contributed by atoms with Crippen molar-refractivity contribution in [3.8, 4) is 0 Å². The molecule has 6 nitrogen and oxygen atoms in total. The van der Waals surface area contributed by atoms with Crippen molar-refractivity contribution in [3.05, 3.63) is 48.5 Å². The highest BCUT2D eigenvalue weighted by molar-refractivity contribution is 6.02. The Labute approximate surface area is 140 Å². The lowest BCUT2D eigenvalue weighted by Crippen LogP contribution is -2.20. The van der Waals surface area contributed by atoms with Crippen LogP contribution >= 0.6 is 0 Å². The zero-order chi connectivity index (χ0) is 16.4. The van der Waals surface area contributed by atoms with Crippen LogP contribution in [0, 0.1) is 0 Å². The molecule has 1 amide bonds. The standard InChI is InChI=1S/C18H19N5O/c24-17(15-10-11-19-12-20-15)22-18-21-14-8-4-5-9-16(14)23(18)13-6-2-1-3-7-13/h4-5,8-13H,1-3,6-7H2,(H,21,22,24). The maximum Gasteiger partial charge on any atom is 0.276 e. The molecule has 1 fully saturated rings. The minimum absolute atomic E-state index is 0.259. The lowest BCUT2D eigenvalue weighted by atomic mass is 9.95. The summed E-state index contributed by atoms with van der Waals surface area (Å²) in [4.78, 5) is 25.0. The van der Waals surface area contributed by atoms with Crippen LogP contribution in [0.2, 0.25) is 0 Å². The van der Waals surface area contributed by atoms with Crippen LogP contribution < -0.4 is 5.32 Å². The second-order valence-electron chi connectivity index (χ2n) is 6.13. The topological polar surface area (TPSA) is 72.7 Å². The molecule has 24 heavy (non-hydrogen) atoms. The first kappa shape index (κ1) is 14.8. The van der Waals surface area contributed by atoms with Gasteiger partial charge in [0.15, 0.2) is 0 Å². The lowest BCUT2D eigenvalue weighted by molar-refractivity contribution is 0.102. The number of anilines is 1. The Morgan fingerprint density at radius 3 is 2.75 bits per heavy atom. The Hall–Kier alpha value is -2.76. The molecule has 1 saturated carbocycles.